The van der Waals surface area contributed by atoms with E-state index in [0.29, 0.717) is 28.3 Å². The third-order valence-corrected chi connectivity index (χ3v) is 3.50. The second-order valence-electron chi connectivity index (χ2n) is 4.98. The zero-order chi connectivity index (χ0) is 17.1. The van der Waals surface area contributed by atoms with Crippen LogP contribution in [0.25, 0.3) is 11.5 Å². The standard InChI is InChI=1S/C16H12N4O4/c1-10-13(3-2-4-14(10)20(22)23)18-15(21)11-5-7-12(8-6-11)16-19-17-9-24-16/h2-9H,1H3,(H,18,21). The van der Waals surface area contributed by atoms with Gasteiger partial charge in [-0.05, 0) is 37.3 Å². The van der Waals surface area contributed by atoms with Crippen LogP contribution in [0.1, 0.15) is 15.9 Å². The molecule has 3 aromatic rings. The van der Waals surface area contributed by atoms with Gasteiger partial charge in [-0.2, -0.15) is 0 Å². The van der Waals surface area contributed by atoms with Crippen LogP contribution in [0.2, 0.25) is 0 Å². The third kappa shape index (κ3) is 2.98. The maximum atomic E-state index is 12.3. The Morgan fingerprint density at radius 3 is 2.58 bits per heavy atom. The summed E-state index contributed by atoms with van der Waals surface area (Å²) < 4.78 is 5.08. The smallest absolute Gasteiger partial charge is 0.274 e. The Morgan fingerprint density at radius 2 is 1.96 bits per heavy atom. The molecule has 120 valence electrons. The van der Waals surface area contributed by atoms with Gasteiger partial charge in [0, 0.05) is 17.2 Å². The molecule has 0 spiro atoms. The Hall–Kier alpha value is -3.55. The molecule has 0 aliphatic heterocycles. The fourth-order valence-electron chi connectivity index (χ4n) is 2.21. The number of carbonyl (C=O) groups is 1. The summed E-state index contributed by atoms with van der Waals surface area (Å²) in [6.07, 6.45) is 1.22. The van der Waals surface area contributed by atoms with Gasteiger partial charge in [-0.25, -0.2) is 0 Å². The lowest BCUT2D eigenvalue weighted by atomic mass is 10.1. The van der Waals surface area contributed by atoms with Gasteiger partial charge in [0.05, 0.1) is 16.2 Å². The molecule has 0 fully saturated rings. The first kappa shape index (κ1) is 15.3. The average Bonchev–Trinajstić information content (AvgIpc) is 3.11. The first-order valence-electron chi connectivity index (χ1n) is 6.98. The molecule has 1 aromatic heterocycles. The predicted octanol–water partition coefficient (Wildman–Crippen LogP) is 3.21. The summed E-state index contributed by atoms with van der Waals surface area (Å²) in [6, 6.07) is 11.1. The van der Waals surface area contributed by atoms with Crippen LogP contribution in [0.4, 0.5) is 11.4 Å². The van der Waals surface area contributed by atoms with E-state index in [1.54, 1.807) is 37.3 Å². The van der Waals surface area contributed by atoms with Crippen molar-refractivity contribution in [3.05, 3.63) is 70.1 Å². The summed E-state index contributed by atoms with van der Waals surface area (Å²) in [5.74, 6) is -0.00726. The van der Waals surface area contributed by atoms with Gasteiger partial charge >= 0.3 is 0 Å². The van der Waals surface area contributed by atoms with Crippen LogP contribution in [0.15, 0.2) is 53.3 Å². The Morgan fingerprint density at radius 1 is 1.21 bits per heavy atom. The quantitative estimate of drug-likeness (QED) is 0.582. The lowest BCUT2D eigenvalue weighted by Gasteiger charge is -2.08. The number of nitrogens with zero attached hydrogens (tertiary/aromatic N) is 3. The highest BCUT2D eigenvalue weighted by Crippen LogP contribution is 2.25. The van der Waals surface area contributed by atoms with Crippen LogP contribution in [0, 0.1) is 17.0 Å². The molecule has 1 amide bonds. The molecule has 8 nitrogen and oxygen atoms in total. The molecular formula is C16H12N4O4. The minimum Gasteiger partial charge on any atom is -0.423 e. The van der Waals surface area contributed by atoms with Crippen molar-refractivity contribution in [1.29, 1.82) is 0 Å². The topological polar surface area (TPSA) is 111 Å². The second kappa shape index (κ2) is 6.29. The predicted molar refractivity (Wildman–Crippen MR) is 85.5 cm³/mol. The zero-order valence-electron chi connectivity index (χ0n) is 12.6. The molecule has 0 atom stereocenters. The van der Waals surface area contributed by atoms with E-state index >= 15 is 0 Å². The van der Waals surface area contributed by atoms with E-state index < -0.39 is 4.92 Å². The van der Waals surface area contributed by atoms with Crippen molar-refractivity contribution >= 4 is 17.3 Å². The number of nitro groups is 1. The van der Waals surface area contributed by atoms with Crippen molar-refractivity contribution in [2.24, 2.45) is 0 Å². The Bertz CT molecular complexity index is 889. The van der Waals surface area contributed by atoms with Gasteiger partial charge in [-0.15, -0.1) is 10.2 Å². The van der Waals surface area contributed by atoms with Crippen LogP contribution in [0.3, 0.4) is 0 Å². The molecule has 0 radical (unpaired) electrons. The van der Waals surface area contributed by atoms with E-state index in [4.69, 9.17) is 4.42 Å². The number of aromatic nitrogens is 2. The summed E-state index contributed by atoms with van der Waals surface area (Å²) in [5.41, 5.74) is 1.85. The normalized spacial score (nSPS) is 10.4. The number of anilines is 1. The van der Waals surface area contributed by atoms with Crippen molar-refractivity contribution in [2.75, 3.05) is 5.32 Å². The fourth-order valence-corrected chi connectivity index (χ4v) is 2.21. The molecule has 3 rings (SSSR count). The first-order valence-corrected chi connectivity index (χ1v) is 6.98. The number of hydrogen-bond acceptors (Lipinski definition) is 6. The van der Waals surface area contributed by atoms with Crippen molar-refractivity contribution in [3.63, 3.8) is 0 Å². The molecule has 8 heteroatoms. The van der Waals surface area contributed by atoms with E-state index in [9.17, 15) is 14.9 Å². The van der Waals surface area contributed by atoms with Crippen LogP contribution in [-0.2, 0) is 0 Å². The maximum Gasteiger partial charge on any atom is 0.274 e. The third-order valence-electron chi connectivity index (χ3n) is 3.50. The minimum absolute atomic E-state index is 0.0421. The van der Waals surface area contributed by atoms with Crippen LogP contribution >= 0.6 is 0 Å². The number of nitrogens with one attached hydrogen (secondary N) is 1. The Balaban J connectivity index is 1.81. The zero-order valence-corrected chi connectivity index (χ0v) is 12.6. The number of benzene rings is 2. The van der Waals surface area contributed by atoms with Gasteiger partial charge in [0.2, 0.25) is 12.3 Å². The molecule has 0 saturated heterocycles. The molecule has 0 saturated carbocycles. The lowest BCUT2D eigenvalue weighted by Crippen LogP contribution is -2.13. The highest BCUT2D eigenvalue weighted by atomic mass is 16.6. The number of carbonyl (C=O) groups excluding carboxylic acids is 1. The summed E-state index contributed by atoms with van der Waals surface area (Å²) in [6.45, 7) is 1.59. The highest BCUT2D eigenvalue weighted by Gasteiger charge is 2.15. The monoisotopic (exact) mass is 324 g/mol. The highest BCUT2D eigenvalue weighted by molar-refractivity contribution is 6.05. The Labute approximate surface area is 136 Å². The molecule has 0 bridgehead atoms. The summed E-state index contributed by atoms with van der Waals surface area (Å²) >= 11 is 0. The van der Waals surface area contributed by atoms with Crippen molar-refractivity contribution in [1.82, 2.24) is 10.2 Å². The fraction of sp³-hybridized carbons (Fsp3) is 0.0625. The van der Waals surface area contributed by atoms with E-state index in [-0.39, 0.29) is 11.6 Å². The number of nitro benzene ring substituents is 1. The summed E-state index contributed by atoms with van der Waals surface area (Å²) in [7, 11) is 0. The van der Waals surface area contributed by atoms with Gasteiger partial charge in [-0.3, -0.25) is 14.9 Å². The molecule has 2 aromatic carbocycles. The van der Waals surface area contributed by atoms with Crippen molar-refractivity contribution < 1.29 is 14.1 Å². The van der Waals surface area contributed by atoms with E-state index in [1.165, 1.54) is 18.5 Å². The van der Waals surface area contributed by atoms with Crippen LogP contribution in [-0.4, -0.2) is 21.0 Å². The minimum atomic E-state index is -0.482. The molecular weight excluding hydrogens is 312 g/mol. The molecule has 1 N–H and O–H groups in total. The molecule has 1 heterocycles. The molecule has 0 unspecified atom stereocenters. The average molecular weight is 324 g/mol. The van der Waals surface area contributed by atoms with Crippen molar-refractivity contribution in [2.45, 2.75) is 6.92 Å². The molecule has 0 aliphatic rings. The van der Waals surface area contributed by atoms with E-state index in [1.807, 2.05) is 0 Å². The second-order valence-corrected chi connectivity index (χ2v) is 4.98. The Kier molecular flexibility index (Phi) is 4.02. The maximum absolute atomic E-state index is 12.3. The number of amides is 1. The lowest BCUT2D eigenvalue weighted by molar-refractivity contribution is -0.385. The summed E-state index contributed by atoms with van der Waals surface area (Å²) in [4.78, 5) is 22.8. The summed E-state index contributed by atoms with van der Waals surface area (Å²) in [5, 5.41) is 21.0. The molecule has 24 heavy (non-hydrogen) atoms. The number of hydrogen-bond donors (Lipinski definition) is 1. The van der Waals surface area contributed by atoms with Gasteiger partial charge in [-0.1, -0.05) is 6.07 Å². The first-order chi connectivity index (χ1) is 11.6. The van der Waals surface area contributed by atoms with Gasteiger partial charge in [0.15, 0.2) is 0 Å². The number of rotatable bonds is 4. The van der Waals surface area contributed by atoms with Crippen molar-refractivity contribution in [3.8, 4) is 11.5 Å². The molecule has 0 aliphatic carbocycles. The van der Waals surface area contributed by atoms with Crippen LogP contribution < -0.4 is 5.32 Å². The van der Waals surface area contributed by atoms with Gasteiger partial charge in [0.25, 0.3) is 11.6 Å². The van der Waals surface area contributed by atoms with Gasteiger partial charge in [0.1, 0.15) is 0 Å². The van der Waals surface area contributed by atoms with Gasteiger partial charge < -0.3 is 9.73 Å². The van der Waals surface area contributed by atoms with E-state index in [2.05, 4.69) is 15.5 Å². The SMILES string of the molecule is Cc1c(NC(=O)c2ccc(-c3nnco3)cc2)cccc1[N+](=O)[O-]. The van der Waals surface area contributed by atoms with E-state index in [0.717, 1.165) is 0 Å². The van der Waals surface area contributed by atoms with Crippen LogP contribution in [0.5, 0.6) is 0 Å². The largest absolute Gasteiger partial charge is 0.423 e.